The third-order valence-corrected chi connectivity index (χ3v) is 2.13. The minimum Gasteiger partial charge on any atom is -0.389 e. The van der Waals surface area contributed by atoms with Gasteiger partial charge in [0, 0.05) is 29.6 Å². The molecule has 0 aliphatic carbocycles. The zero-order valence-corrected chi connectivity index (χ0v) is 10.7. The molecule has 1 aromatic heterocycles. The van der Waals surface area contributed by atoms with E-state index in [9.17, 15) is 5.11 Å². The molecule has 5 heteroatoms. The van der Waals surface area contributed by atoms with Crippen molar-refractivity contribution in [2.24, 2.45) is 0 Å². The molecule has 0 aliphatic rings. The van der Waals surface area contributed by atoms with Crippen molar-refractivity contribution < 1.29 is 5.11 Å². The second-order valence-electron chi connectivity index (χ2n) is 3.87. The lowest BCUT2D eigenvalue weighted by molar-refractivity contribution is 0.0883. The highest BCUT2D eigenvalue weighted by atomic mass is 127. The van der Waals surface area contributed by atoms with Crippen molar-refractivity contribution in [3.05, 3.63) is 16.0 Å². The average molecular weight is 307 g/mol. The largest absolute Gasteiger partial charge is 0.389 e. The molecular formula is C9H14IN3O. The number of aromatic nitrogens is 2. The summed E-state index contributed by atoms with van der Waals surface area (Å²) in [5.41, 5.74) is -0.735. The zero-order chi connectivity index (χ0) is 10.8. The Morgan fingerprint density at radius 1 is 1.43 bits per heavy atom. The van der Waals surface area contributed by atoms with Crippen LogP contribution in [0.1, 0.15) is 13.8 Å². The first-order chi connectivity index (χ1) is 6.38. The van der Waals surface area contributed by atoms with Gasteiger partial charge in [-0.05, 0) is 36.4 Å². The highest BCUT2D eigenvalue weighted by molar-refractivity contribution is 14.1. The van der Waals surface area contributed by atoms with Crippen LogP contribution in [-0.4, -0.2) is 34.3 Å². The second kappa shape index (κ2) is 4.39. The normalized spacial score (nSPS) is 11.5. The Morgan fingerprint density at radius 3 is 2.36 bits per heavy atom. The fourth-order valence-corrected chi connectivity index (χ4v) is 1.43. The quantitative estimate of drug-likeness (QED) is 0.855. The first-order valence-electron chi connectivity index (χ1n) is 4.29. The molecular weight excluding hydrogens is 293 g/mol. The third kappa shape index (κ3) is 3.75. The van der Waals surface area contributed by atoms with E-state index in [0.717, 1.165) is 3.57 Å². The molecule has 14 heavy (non-hydrogen) atoms. The molecule has 0 saturated heterocycles. The van der Waals surface area contributed by atoms with Gasteiger partial charge in [0.15, 0.2) is 0 Å². The molecule has 0 amide bonds. The van der Waals surface area contributed by atoms with Crippen molar-refractivity contribution in [3.63, 3.8) is 0 Å². The van der Waals surface area contributed by atoms with E-state index < -0.39 is 5.60 Å². The summed E-state index contributed by atoms with van der Waals surface area (Å²) in [5, 5.41) is 9.61. The van der Waals surface area contributed by atoms with Gasteiger partial charge in [0.25, 0.3) is 0 Å². The predicted octanol–water partition coefficient (Wildman–Crippen LogP) is 1.29. The summed E-state index contributed by atoms with van der Waals surface area (Å²) in [5.74, 6) is 0.632. The standard InChI is InChI=1S/C9H14IN3O/c1-9(2,14)6-13(3)8-11-4-7(10)5-12-8/h4-5,14H,6H2,1-3H3. The van der Waals surface area contributed by atoms with Crippen LogP contribution in [-0.2, 0) is 0 Å². The number of halogens is 1. The maximum Gasteiger partial charge on any atom is 0.225 e. The summed E-state index contributed by atoms with van der Waals surface area (Å²) in [7, 11) is 1.86. The minimum absolute atomic E-state index is 0.508. The van der Waals surface area contributed by atoms with Gasteiger partial charge < -0.3 is 10.0 Å². The van der Waals surface area contributed by atoms with Crippen LogP contribution in [0.4, 0.5) is 5.95 Å². The number of rotatable bonds is 3. The smallest absolute Gasteiger partial charge is 0.225 e. The Balaban J connectivity index is 2.70. The van der Waals surface area contributed by atoms with Gasteiger partial charge in [-0.15, -0.1) is 0 Å². The Labute approximate surface area is 97.5 Å². The van der Waals surface area contributed by atoms with E-state index in [0.29, 0.717) is 12.5 Å². The van der Waals surface area contributed by atoms with Gasteiger partial charge in [-0.1, -0.05) is 0 Å². The monoisotopic (exact) mass is 307 g/mol. The summed E-state index contributed by atoms with van der Waals surface area (Å²) < 4.78 is 1.00. The predicted molar refractivity (Wildman–Crippen MR) is 64.3 cm³/mol. The van der Waals surface area contributed by atoms with E-state index in [1.807, 2.05) is 11.9 Å². The van der Waals surface area contributed by atoms with Crippen molar-refractivity contribution in [2.75, 3.05) is 18.5 Å². The summed E-state index contributed by atoms with van der Waals surface area (Å²) in [6, 6.07) is 0. The Bertz CT molecular complexity index is 294. The first-order valence-corrected chi connectivity index (χ1v) is 5.37. The lowest BCUT2D eigenvalue weighted by Crippen LogP contribution is -2.37. The molecule has 0 saturated carbocycles. The van der Waals surface area contributed by atoms with Gasteiger partial charge in [0.2, 0.25) is 5.95 Å². The molecule has 0 atom stereocenters. The van der Waals surface area contributed by atoms with Crippen LogP contribution < -0.4 is 4.90 Å². The van der Waals surface area contributed by atoms with Gasteiger partial charge in [-0.3, -0.25) is 0 Å². The van der Waals surface area contributed by atoms with E-state index in [-0.39, 0.29) is 0 Å². The fourth-order valence-electron chi connectivity index (χ4n) is 1.15. The maximum absolute atomic E-state index is 9.61. The van der Waals surface area contributed by atoms with Crippen molar-refractivity contribution in [1.82, 2.24) is 9.97 Å². The van der Waals surface area contributed by atoms with Gasteiger partial charge in [-0.2, -0.15) is 0 Å². The molecule has 0 spiro atoms. The van der Waals surface area contributed by atoms with Gasteiger partial charge in [0.1, 0.15) is 0 Å². The van der Waals surface area contributed by atoms with Gasteiger partial charge in [0.05, 0.1) is 5.60 Å². The SMILES string of the molecule is CN(CC(C)(C)O)c1ncc(I)cn1. The Kier molecular flexibility index (Phi) is 3.65. The summed E-state index contributed by atoms with van der Waals surface area (Å²) in [6.45, 7) is 4.03. The average Bonchev–Trinajstić information content (AvgIpc) is 2.02. The minimum atomic E-state index is -0.735. The van der Waals surface area contributed by atoms with Crippen molar-refractivity contribution in [3.8, 4) is 0 Å². The topological polar surface area (TPSA) is 49.2 Å². The molecule has 0 aromatic carbocycles. The molecule has 78 valence electrons. The van der Waals surface area contributed by atoms with Crippen LogP contribution in [0.15, 0.2) is 12.4 Å². The first kappa shape index (κ1) is 11.6. The van der Waals surface area contributed by atoms with E-state index in [4.69, 9.17) is 0 Å². The van der Waals surface area contributed by atoms with Gasteiger partial charge in [-0.25, -0.2) is 9.97 Å². The molecule has 1 rings (SSSR count). The van der Waals surface area contributed by atoms with E-state index in [2.05, 4.69) is 32.6 Å². The summed E-state index contributed by atoms with van der Waals surface area (Å²) >= 11 is 2.16. The molecule has 1 heterocycles. The fraction of sp³-hybridized carbons (Fsp3) is 0.556. The van der Waals surface area contributed by atoms with Gasteiger partial charge >= 0.3 is 0 Å². The highest BCUT2D eigenvalue weighted by Crippen LogP contribution is 2.10. The Hall–Kier alpha value is -0.430. The number of anilines is 1. The van der Waals surface area contributed by atoms with Crippen LogP contribution in [0.25, 0.3) is 0 Å². The summed E-state index contributed by atoms with van der Waals surface area (Å²) in [4.78, 5) is 10.1. The van der Waals surface area contributed by atoms with Crippen molar-refractivity contribution in [2.45, 2.75) is 19.4 Å². The highest BCUT2D eigenvalue weighted by Gasteiger charge is 2.17. The van der Waals surface area contributed by atoms with E-state index in [1.165, 1.54) is 0 Å². The maximum atomic E-state index is 9.61. The molecule has 1 N–H and O–H groups in total. The lowest BCUT2D eigenvalue weighted by Gasteiger charge is -2.25. The van der Waals surface area contributed by atoms with E-state index in [1.54, 1.807) is 26.2 Å². The van der Waals surface area contributed by atoms with E-state index >= 15 is 0 Å². The Morgan fingerprint density at radius 2 is 1.93 bits per heavy atom. The molecule has 1 aromatic rings. The molecule has 0 fully saturated rings. The molecule has 0 aliphatic heterocycles. The number of hydrogen-bond donors (Lipinski definition) is 1. The number of hydrogen-bond acceptors (Lipinski definition) is 4. The zero-order valence-electron chi connectivity index (χ0n) is 8.53. The molecule has 0 radical (unpaired) electrons. The van der Waals surface area contributed by atoms with Crippen molar-refractivity contribution >= 4 is 28.5 Å². The number of aliphatic hydroxyl groups is 1. The lowest BCUT2D eigenvalue weighted by atomic mass is 10.1. The number of likely N-dealkylation sites (N-methyl/N-ethyl adjacent to an activating group) is 1. The van der Waals surface area contributed by atoms with Crippen LogP contribution >= 0.6 is 22.6 Å². The van der Waals surface area contributed by atoms with Crippen LogP contribution in [0, 0.1) is 3.57 Å². The van der Waals surface area contributed by atoms with Crippen LogP contribution in [0.5, 0.6) is 0 Å². The second-order valence-corrected chi connectivity index (χ2v) is 5.12. The van der Waals surface area contributed by atoms with Crippen LogP contribution in [0.2, 0.25) is 0 Å². The van der Waals surface area contributed by atoms with Crippen LogP contribution in [0.3, 0.4) is 0 Å². The third-order valence-electron chi connectivity index (χ3n) is 1.57. The summed E-state index contributed by atoms with van der Waals surface area (Å²) in [6.07, 6.45) is 3.51. The number of nitrogens with zero attached hydrogens (tertiary/aromatic N) is 3. The van der Waals surface area contributed by atoms with Crippen molar-refractivity contribution in [1.29, 1.82) is 0 Å². The molecule has 4 nitrogen and oxygen atoms in total. The molecule has 0 bridgehead atoms. The molecule has 0 unspecified atom stereocenters.